The maximum Gasteiger partial charge on any atom is 0.236 e. The SMILES string of the molecule is O=C1CC[C@@]2(CCCN(C(=O)CN3CCCC3)C2)CN1CCc1cnc[nH]1. The lowest BCUT2D eigenvalue weighted by Crippen LogP contribution is -2.56. The van der Waals surface area contributed by atoms with Gasteiger partial charge in [0.25, 0.3) is 0 Å². The third kappa shape index (κ3) is 4.34. The van der Waals surface area contributed by atoms with Crippen LogP contribution in [0.5, 0.6) is 0 Å². The Morgan fingerprint density at radius 3 is 2.78 bits per heavy atom. The molecule has 148 valence electrons. The Labute approximate surface area is 161 Å². The lowest BCUT2D eigenvalue weighted by atomic mass is 9.73. The number of nitrogens with zero attached hydrogens (tertiary/aromatic N) is 4. The summed E-state index contributed by atoms with van der Waals surface area (Å²) in [7, 11) is 0. The van der Waals surface area contributed by atoms with E-state index in [1.807, 2.05) is 11.1 Å². The van der Waals surface area contributed by atoms with E-state index in [4.69, 9.17) is 0 Å². The van der Waals surface area contributed by atoms with Crippen molar-refractivity contribution in [1.82, 2.24) is 24.7 Å². The van der Waals surface area contributed by atoms with Crippen LogP contribution in [-0.4, -0.2) is 82.3 Å². The van der Waals surface area contributed by atoms with E-state index in [0.29, 0.717) is 13.0 Å². The van der Waals surface area contributed by atoms with E-state index in [-0.39, 0.29) is 17.2 Å². The summed E-state index contributed by atoms with van der Waals surface area (Å²) in [5.74, 6) is 0.526. The topological polar surface area (TPSA) is 72.5 Å². The zero-order chi connectivity index (χ0) is 18.7. The van der Waals surface area contributed by atoms with Gasteiger partial charge in [-0.25, -0.2) is 4.98 Å². The van der Waals surface area contributed by atoms with Gasteiger partial charge in [0, 0.05) is 56.3 Å². The zero-order valence-corrected chi connectivity index (χ0v) is 16.2. The van der Waals surface area contributed by atoms with Gasteiger partial charge in [-0.15, -0.1) is 0 Å². The van der Waals surface area contributed by atoms with Gasteiger partial charge in [-0.05, 0) is 45.2 Å². The van der Waals surface area contributed by atoms with Crippen LogP contribution < -0.4 is 0 Å². The van der Waals surface area contributed by atoms with E-state index >= 15 is 0 Å². The number of likely N-dealkylation sites (tertiary alicyclic amines) is 3. The summed E-state index contributed by atoms with van der Waals surface area (Å²) in [6.07, 6.45) is 10.4. The molecule has 1 N–H and O–H groups in total. The molecule has 0 saturated carbocycles. The van der Waals surface area contributed by atoms with Gasteiger partial charge in [-0.3, -0.25) is 14.5 Å². The van der Waals surface area contributed by atoms with Crippen LogP contribution in [0.2, 0.25) is 0 Å². The van der Waals surface area contributed by atoms with Gasteiger partial charge in [0.15, 0.2) is 0 Å². The molecule has 1 spiro atoms. The first-order chi connectivity index (χ1) is 13.1. The van der Waals surface area contributed by atoms with Crippen molar-refractivity contribution in [2.45, 2.75) is 44.9 Å². The third-order valence-electron chi connectivity index (χ3n) is 6.53. The van der Waals surface area contributed by atoms with Crippen molar-refractivity contribution in [3.8, 4) is 0 Å². The molecular weight excluding hydrogens is 342 g/mol. The number of carbonyl (C=O) groups excluding carboxylic acids is 2. The van der Waals surface area contributed by atoms with Crippen LogP contribution in [0.15, 0.2) is 12.5 Å². The summed E-state index contributed by atoms with van der Waals surface area (Å²) in [6, 6.07) is 0. The number of rotatable bonds is 5. The van der Waals surface area contributed by atoms with Crippen LogP contribution in [0.4, 0.5) is 0 Å². The monoisotopic (exact) mass is 373 g/mol. The molecule has 1 aromatic rings. The molecule has 7 heteroatoms. The van der Waals surface area contributed by atoms with Gasteiger partial charge in [-0.2, -0.15) is 0 Å². The first-order valence-electron chi connectivity index (χ1n) is 10.4. The molecule has 7 nitrogen and oxygen atoms in total. The van der Waals surface area contributed by atoms with Crippen molar-refractivity contribution in [3.05, 3.63) is 18.2 Å². The number of aromatic amines is 1. The van der Waals surface area contributed by atoms with E-state index < -0.39 is 0 Å². The minimum atomic E-state index is 0.0841. The van der Waals surface area contributed by atoms with Crippen molar-refractivity contribution in [2.24, 2.45) is 5.41 Å². The average Bonchev–Trinajstić information content (AvgIpc) is 3.37. The Kier molecular flexibility index (Phi) is 5.48. The minimum Gasteiger partial charge on any atom is -0.348 e. The summed E-state index contributed by atoms with van der Waals surface area (Å²) in [5, 5.41) is 0. The van der Waals surface area contributed by atoms with Crippen molar-refractivity contribution in [3.63, 3.8) is 0 Å². The molecule has 3 aliphatic heterocycles. The summed E-state index contributed by atoms with van der Waals surface area (Å²) in [5.41, 5.74) is 1.15. The van der Waals surface area contributed by atoms with Gasteiger partial charge < -0.3 is 14.8 Å². The predicted octanol–water partition coefficient (Wildman–Crippen LogP) is 1.28. The molecular formula is C20H31N5O2. The normalized spacial score (nSPS) is 26.9. The lowest BCUT2D eigenvalue weighted by Gasteiger charge is -2.48. The fraction of sp³-hybridized carbons (Fsp3) is 0.750. The van der Waals surface area contributed by atoms with E-state index in [0.717, 1.165) is 70.6 Å². The van der Waals surface area contributed by atoms with Crippen LogP contribution in [0, 0.1) is 5.41 Å². The first-order valence-corrected chi connectivity index (χ1v) is 10.4. The summed E-state index contributed by atoms with van der Waals surface area (Å²) in [6.45, 7) is 5.88. The van der Waals surface area contributed by atoms with Crippen molar-refractivity contribution in [2.75, 3.05) is 45.8 Å². The summed E-state index contributed by atoms with van der Waals surface area (Å²) in [4.78, 5) is 38.8. The number of nitrogens with one attached hydrogen (secondary N) is 1. The van der Waals surface area contributed by atoms with E-state index in [1.54, 1.807) is 6.33 Å². The summed E-state index contributed by atoms with van der Waals surface area (Å²) >= 11 is 0. The Morgan fingerprint density at radius 1 is 1.15 bits per heavy atom. The highest BCUT2D eigenvalue weighted by atomic mass is 16.2. The number of hydrogen-bond acceptors (Lipinski definition) is 4. The molecule has 4 rings (SSSR count). The van der Waals surface area contributed by atoms with Gasteiger partial charge >= 0.3 is 0 Å². The van der Waals surface area contributed by atoms with Crippen LogP contribution in [0.3, 0.4) is 0 Å². The molecule has 0 aromatic carbocycles. The maximum absolute atomic E-state index is 12.8. The molecule has 0 radical (unpaired) electrons. The Hall–Kier alpha value is -1.89. The molecule has 0 bridgehead atoms. The number of piperidine rings is 2. The van der Waals surface area contributed by atoms with Gasteiger partial charge in [-0.1, -0.05) is 0 Å². The van der Waals surface area contributed by atoms with Crippen molar-refractivity contribution >= 4 is 11.8 Å². The van der Waals surface area contributed by atoms with Crippen molar-refractivity contribution in [1.29, 1.82) is 0 Å². The Balaban J connectivity index is 1.35. The molecule has 27 heavy (non-hydrogen) atoms. The van der Waals surface area contributed by atoms with Crippen LogP contribution >= 0.6 is 0 Å². The standard InChI is InChI=1S/C20H31N5O2/c26-18-4-7-20(15-25(18)11-5-17-12-21-16-22-17)6-3-10-24(14-20)19(27)13-23-8-1-2-9-23/h12,16H,1-11,13-15H2,(H,21,22)/t20-/m1/s1. The molecule has 3 saturated heterocycles. The molecule has 4 heterocycles. The van der Waals surface area contributed by atoms with Gasteiger partial charge in [0.2, 0.25) is 11.8 Å². The number of imidazole rings is 1. The fourth-order valence-electron chi connectivity index (χ4n) is 4.97. The Bertz CT molecular complexity index is 655. The maximum atomic E-state index is 12.8. The molecule has 1 atom stereocenters. The number of H-pyrrole nitrogens is 1. The zero-order valence-electron chi connectivity index (χ0n) is 16.2. The van der Waals surface area contributed by atoms with Crippen LogP contribution in [0.25, 0.3) is 0 Å². The minimum absolute atomic E-state index is 0.0841. The van der Waals surface area contributed by atoms with E-state index in [1.165, 1.54) is 12.8 Å². The van der Waals surface area contributed by atoms with Gasteiger partial charge in [0.05, 0.1) is 12.9 Å². The molecule has 3 aliphatic rings. The number of amides is 2. The summed E-state index contributed by atoms with van der Waals surface area (Å²) < 4.78 is 0. The molecule has 0 aliphatic carbocycles. The smallest absolute Gasteiger partial charge is 0.236 e. The quantitative estimate of drug-likeness (QED) is 0.844. The third-order valence-corrected chi connectivity index (χ3v) is 6.53. The second-order valence-electron chi connectivity index (χ2n) is 8.54. The second kappa shape index (κ2) is 8.00. The van der Waals surface area contributed by atoms with Crippen LogP contribution in [-0.2, 0) is 16.0 Å². The highest BCUT2D eigenvalue weighted by Crippen LogP contribution is 2.39. The number of carbonyl (C=O) groups is 2. The van der Waals surface area contributed by atoms with E-state index in [2.05, 4.69) is 19.8 Å². The second-order valence-corrected chi connectivity index (χ2v) is 8.54. The number of hydrogen-bond donors (Lipinski definition) is 1. The predicted molar refractivity (Wildman–Crippen MR) is 102 cm³/mol. The van der Waals surface area contributed by atoms with E-state index in [9.17, 15) is 9.59 Å². The molecule has 2 amide bonds. The highest BCUT2D eigenvalue weighted by molar-refractivity contribution is 5.79. The highest BCUT2D eigenvalue weighted by Gasteiger charge is 2.42. The molecule has 1 aromatic heterocycles. The lowest BCUT2D eigenvalue weighted by molar-refractivity contribution is -0.143. The molecule has 3 fully saturated rings. The average molecular weight is 374 g/mol. The largest absolute Gasteiger partial charge is 0.348 e. The number of aromatic nitrogens is 2. The van der Waals surface area contributed by atoms with Crippen molar-refractivity contribution < 1.29 is 9.59 Å². The van der Waals surface area contributed by atoms with Gasteiger partial charge in [0.1, 0.15) is 0 Å². The fourth-order valence-corrected chi connectivity index (χ4v) is 4.97. The Morgan fingerprint density at radius 2 is 2.00 bits per heavy atom. The molecule has 0 unspecified atom stereocenters. The first kappa shape index (κ1) is 18.5. The van der Waals surface area contributed by atoms with Crippen LogP contribution in [0.1, 0.15) is 44.2 Å².